The largest absolute Gasteiger partial charge is 0.352 e. The Morgan fingerprint density at radius 3 is 2.88 bits per heavy atom. The van der Waals surface area contributed by atoms with Gasteiger partial charge in [0.25, 0.3) is 11.6 Å². The van der Waals surface area contributed by atoms with Crippen molar-refractivity contribution in [1.82, 2.24) is 5.32 Å². The third kappa shape index (κ3) is 3.67. The van der Waals surface area contributed by atoms with Crippen molar-refractivity contribution in [2.24, 2.45) is 0 Å². The number of amides is 1. The highest BCUT2D eigenvalue weighted by Gasteiger charge is 2.15. The second kappa shape index (κ2) is 6.15. The van der Waals surface area contributed by atoms with Crippen LogP contribution in [0.2, 0.25) is 0 Å². The molecule has 1 amide bonds. The Labute approximate surface area is 107 Å². The normalized spacial score (nSPS) is 9.71. The zero-order chi connectivity index (χ0) is 12.8. The van der Waals surface area contributed by atoms with E-state index in [0.717, 1.165) is 0 Å². The van der Waals surface area contributed by atoms with Crippen molar-refractivity contribution in [3.8, 4) is 0 Å². The van der Waals surface area contributed by atoms with E-state index >= 15 is 0 Å². The number of hydrogen-bond acceptors (Lipinski definition) is 3. The Balaban J connectivity index is 2.84. The molecule has 0 spiro atoms. The van der Waals surface area contributed by atoms with Crippen LogP contribution in [0.4, 0.5) is 5.69 Å². The second-order valence-corrected chi connectivity index (χ2v) is 4.11. The van der Waals surface area contributed by atoms with E-state index in [9.17, 15) is 14.9 Å². The summed E-state index contributed by atoms with van der Waals surface area (Å²) in [7, 11) is 0. The predicted octanol–water partition coefficient (Wildman–Crippen LogP) is 2.66. The zero-order valence-electron chi connectivity index (χ0n) is 8.98. The molecule has 0 saturated carbocycles. The molecule has 0 unspecified atom stereocenters. The fraction of sp³-hybridized carbons (Fsp3) is 0.182. The average Bonchev–Trinajstić information content (AvgIpc) is 2.29. The lowest BCUT2D eigenvalue weighted by molar-refractivity contribution is -0.385. The van der Waals surface area contributed by atoms with Crippen LogP contribution in [0.1, 0.15) is 16.8 Å². The molecule has 6 heteroatoms. The van der Waals surface area contributed by atoms with E-state index in [1.807, 2.05) is 0 Å². The Bertz CT molecular complexity index is 460. The fourth-order valence-corrected chi connectivity index (χ4v) is 1.58. The molecule has 0 fully saturated rings. The van der Waals surface area contributed by atoms with Crippen molar-refractivity contribution in [2.75, 3.05) is 6.54 Å². The SMILES string of the molecule is C=CCCNC(=O)c1ccc(Br)c([N+](=O)[O-])c1. The summed E-state index contributed by atoms with van der Waals surface area (Å²) in [6, 6.07) is 4.26. The molecule has 1 N–H and O–H groups in total. The highest BCUT2D eigenvalue weighted by molar-refractivity contribution is 9.10. The zero-order valence-corrected chi connectivity index (χ0v) is 10.6. The molecule has 0 radical (unpaired) electrons. The van der Waals surface area contributed by atoms with E-state index in [1.165, 1.54) is 18.2 Å². The topological polar surface area (TPSA) is 72.2 Å². The van der Waals surface area contributed by atoms with Crippen LogP contribution in [0, 0.1) is 10.1 Å². The number of nitrogens with one attached hydrogen (secondary N) is 1. The molecule has 0 saturated heterocycles. The lowest BCUT2D eigenvalue weighted by Crippen LogP contribution is -2.24. The number of nitro groups is 1. The molecule has 0 aromatic heterocycles. The molecule has 0 heterocycles. The van der Waals surface area contributed by atoms with Crippen LogP contribution in [0.3, 0.4) is 0 Å². The van der Waals surface area contributed by atoms with E-state index in [4.69, 9.17) is 0 Å². The molecule has 0 aliphatic carbocycles. The van der Waals surface area contributed by atoms with Crippen LogP contribution < -0.4 is 5.32 Å². The number of benzene rings is 1. The molecular weight excluding hydrogens is 288 g/mol. The molecule has 1 rings (SSSR count). The van der Waals surface area contributed by atoms with Gasteiger partial charge in [0.15, 0.2) is 0 Å². The van der Waals surface area contributed by atoms with Gasteiger partial charge in [-0.25, -0.2) is 0 Å². The van der Waals surface area contributed by atoms with Crippen LogP contribution >= 0.6 is 15.9 Å². The van der Waals surface area contributed by atoms with Gasteiger partial charge in [0.05, 0.1) is 9.40 Å². The Hall–Kier alpha value is -1.69. The molecule has 17 heavy (non-hydrogen) atoms. The summed E-state index contributed by atoms with van der Waals surface area (Å²) in [5.74, 6) is -0.331. The monoisotopic (exact) mass is 298 g/mol. The number of nitrogens with zero attached hydrogens (tertiary/aromatic N) is 1. The predicted molar refractivity (Wildman–Crippen MR) is 67.9 cm³/mol. The summed E-state index contributed by atoms with van der Waals surface area (Å²) in [6.07, 6.45) is 2.34. The van der Waals surface area contributed by atoms with Crippen LogP contribution in [0.25, 0.3) is 0 Å². The van der Waals surface area contributed by atoms with E-state index < -0.39 is 4.92 Å². The van der Waals surface area contributed by atoms with Crippen LogP contribution in [0.15, 0.2) is 35.3 Å². The van der Waals surface area contributed by atoms with Gasteiger partial charge in [0.1, 0.15) is 0 Å². The average molecular weight is 299 g/mol. The van der Waals surface area contributed by atoms with Crippen molar-refractivity contribution in [2.45, 2.75) is 6.42 Å². The van der Waals surface area contributed by atoms with Gasteiger partial charge in [0, 0.05) is 18.2 Å². The number of carbonyl (C=O) groups is 1. The minimum absolute atomic E-state index is 0.124. The van der Waals surface area contributed by atoms with Gasteiger partial charge in [0.2, 0.25) is 0 Å². The molecule has 0 bridgehead atoms. The molecule has 1 aromatic carbocycles. The van der Waals surface area contributed by atoms with E-state index in [0.29, 0.717) is 17.4 Å². The van der Waals surface area contributed by atoms with Crippen LogP contribution in [-0.4, -0.2) is 17.4 Å². The number of rotatable bonds is 5. The van der Waals surface area contributed by atoms with Gasteiger partial charge in [-0.1, -0.05) is 6.08 Å². The van der Waals surface area contributed by atoms with Crippen molar-refractivity contribution in [3.63, 3.8) is 0 Å². The minimum Gasteiger partial charge on any atom is -0.352 e. The van der Waals surface area contributed by atoms with Gasteiger partial charge in [-0.2, -0.15) is 0 Å². The summed E-state index contributed by atoms with van der Waals surface area (Å²) in [5.41, 5.74) is 0.144. The van der Waals surface area contributed by atoms with Gasteiger partial charge < -0.3 is 5.32 Å². The Morgan fingerprint density at radius 1 is 1.59 bits per heavy atom. The smallest absolute Gasteiger partial charge is 0.284 e. The van der Waals surface area contributed by atoms with Crippen molar-refractivity contribution >= 4 is 27.5 Å². The number of nitro benzene ring substituents is 1. The number of carbonyl (C=O) groups excluding carboxylic acids is 1. The lowest BCUT2D eigenvalue weighted by Gasteiger charge is -2.04. The second-order valence-electron chi connectivity index (χ2n) is 3.26. The van der Waals surface area contributed by atoms with Crippen LogP contribution in [0.5, 0.6) is 0 Å². The lowest BCUT2D eigenvalue weighted by atomic mass is 10.2. The van der Waals surface area contributed by atoms with Gasteiger partial charge >= 0.3 is 0 Å². The first-order chi connectivity index (χ1) is 8.06. The maximum atomic E-state index is 11.6. The molecular formula is C11H11BrN2O3. The Kier molecular flexibility index (Phi) is 4.84. The summed E-state index contributed by atoms with van der Waals surface area (Å²) in [6.45, 7) is 4.00. The van der Waals surface area contributed by atoms with E-state index in [-0.39, 0.29) is 17.2 Å². The van der Waals surface area contributed by atoms with E-state index in [1.54, 1.807) is 6.08 Å². The van der Waals surface area contributed by atoms with Gasteiger partial charge in [-0.05, 0) is 34.5 Å². The molecule has 5 nitrogen and oxygen atoms in total. The molecule has 0 aliphatic rings. The minimum atomic E-state index is -0.537. The van der Waals surface area contributed by atoms with Crippen molar-refractivity contribution in [1.29, 1.82) is 0 Å². The summed E-state index contributed by atoms with van der Waals surface area (Å²) in [4.78, 5) is 21.8. The first-order valence-electron chi connectivity index (χ1n) is 4.89. The quantitative estimate of drug-likeness (QED) is 0.393. The molecule has 1 aromatic rings. The third-order valence-electron chi connectivity index (χ3n) is 2.04. The van der Waals surface area contributed by atoms with Crippen molar-refractivity contribution < 1.29 is 9.72 Å². The highest BCUT2D eigenvalue weighted by atomic mass is 79.9. The van der Waals surface area contributed by atoms with Gasteiger partial charge in [-0.3, -0.25) is 14.9 Å². The summed E-state index contributed by atoms with van der Waals surface area (Å²) >= 11 is 3.06. The maximum absolute atomic E-state index is 11.6. The van der Waals surface area contributed by atoms with Crippen LogP contribution in [-0.2, 0) is 0 Å². The first kappa shape index (κ1) is 13.4. The molecule has 0 atom stereocenters. The maximum Gasteiger partial charge on any atom is 0.284 e. The number of hydrogen-bond donors (Lipinski definition) is 1. The first-order valence-corrected chi connectivity index (χ1v) is 5.68. The standard InChI is InChI=1S/C11H11BrN2O3/c1-2-3-6-13-11(15)8-4-5-9(12)10(7-8)14(16)17/h2,4-5,7H,1,3,6H2,(H,13,15). The third-order valence-corrected chi connectivity index (χ3v) is 2.71. The molecule has 0 aliphatic heterocycles. The van der Waals surface area contributed by atoms with Gasteiger partial charge in [-0.15, -0.1) is 6.58 Å². The fourth-order valence-electron chi connectivity index (χ4n) is 1.18. The number of halogens is 1. The van der Waals surface area contributed by atoms with E-state index in [2.05, 4.69) is 27.8 Å². The highest BCUT2D eigenvalue weighted by Crippen LogP contribution is 2.25. The Morgan fingerprint density at radius 2 is 2.29 bits per heavy atom. The molecule has 90 valence electrons. The summed E-state index contributed by atoms with van der Waals surface area (Å²) < 4.78 is 0.352. The summed E-state index contributed by atoms with van der Waals surface area (Å²) in [5, 5.41) is 13.3. The van der Waals surface area contributed by atoms with Crippen molar-refractivity contribution in [3.05, 3.63) is 51.0 Å².